The summed E-state index contributed by atoms with van der Waals surface area (Å²) in [5, 5.41) is 1.75. The van der Waals surface area contributed by atoms with Crippen LogP contribution in [-0.4, -0.2) is 35.3 Å². The van der Waals surface area contributed by atoms with Crippen molar-refractivity contribution in [3.8, 4) is 0 Å². The normalized spacial score (nSPS) is 12.7. The van der Waals surface area contributed by atoms with E-state index < -0.39 is 0 Å². The Morgan fingerprint density at radius 1 is 0.857 bits per heavy atom. The Bertz CT molecular complexity index is 834. The van der Waals surface area contributed by atoms with Crippen molar-refractivity contribution in [1.29, 1.82) is 0 Å². The molecule has 2 aromatic carbocycles. The van der Waals surface area contributed by atoms with Gasteiger partial charge in [-0.05, 0) is 55.3 Å². The van der Waals surface area contributed by atoms with Gasteiger partial charge in [-0.2, -0.15) is 0 Å². The van der Waals surface area contributed by atoms with Gasteiger partial charge in [0.15, 0.2) is 0 Å². The van der Waals surface area contributed by atoms with Gasteiger partial charge in [0, 0.05) is 23.1 Å². The molecule has 0 spiro atoms. The van der Waals surface area contributed by atoms with Gasteiger partial charge in [-0.15, -0.1) is 11.8 Å². The molecule has 0 amide bonds. The van der Waals surface area contributed by atoms with Crippen LogP contribution in [0.5, 0.6) is 0 Å². The van der Waals surface area contributed by atoms with Gasteiger partial charge in [0.25, 0.3) is 0 Å². The second-order valence-corrected chi connectivity index (χ2v) is 8.78. The molecule has 3 heteroatoms. The van der Waals surface area contributed by atoms with E-state index in [1.54, 1.807) is 0 Å². The quantitative estimate of drug-likeness (QED) is 0.391. The van der Waals surface area contributed by atoms with E-state index in [0.29, 0.717) is 5.25 Å². The smallest absolute Gasteiger partial charge is 0.0700 e. The molecule has 0 fully saturated rings. The van der Waals surface area contributed by atoms with Gasteiger partial charge in [0.2, 0.25) is 0 Å². The lowest BCUT2D eigenvalue weighted by molar-refractivity contribution is 0.278. The van der Waals surface area contributed by atoms with Gasteiger partial charge < -0.3 is 9.88 Å². The SMILES string of the molecule is CCCN(CCC)CCc1c(C(SCC)c2ccccc2)[nH]c2ccccc12. The van der Waals surface area contributed by atoms with Crippen molar-refractivity contribution < 1.29 is 0 Å². The van der Waals surface area contributed by atoms with Gasteiger partial charge >= 0.3 is 0 Å². The van der Waals surface area contributed by atoms with Crippen LogP contribution in [0.15, 0.2) is 54.6 Å². The Kier molecular flexibility index (Phi) is 8.05. The average molecular weight is 395 g/mol. The summed E-state index contributed by atoms with van der Waals surface area (Å²) in [5.41, 5.74) is 5.55. The van der Waals surface area contributed by atoms with Gasteiger partial charge in [-0.25, -0.2) is 0 Å². The summed E-state index contributed by atoms with van der Waals surface area (Å²) in [6.07, 6.45) is 3.55. The van der Waals surface area contributed by atoms with E-state index in [2.05, 4.69) is 85.3 Å². The molecule has 1 unspecified atom stereocenters. The second kappa shape index (κ2) is 10.7. The lowest BCUT2D eigenvalue weighted by Crippen LogP contribution is -2.28. The summed E-state index contributed by atoms with van der Waals surface area (Å²) < 4.78 is 0. The molecule has 0 saturated heterocycles. The summed E-state index contributed by atoms with van der Waals surface area (Å²) in [6, 6.07) is 19.8. The predicted octanol–water partition coefficient (Wildman–Crippen LogP) is 6.67. The van der Waals surface area contributed by atoms with Crippen LogP contribution in [-0.2, 0) is 6.42 Å². The summed E-state index contributed by atoms with van der Waals surface area (Å²) >= 11 is 2.02. The van der Waals surface area contributed by atoms with E-state index in [1.165, 1.54) is 53.7 Å². The van der Waals surface area contributed by atoms with Crippen molar-refractivity contribution in [3.05, 3.63) is 71.4 Å². The molecule has 0 saturated carbocycles. The fraction of sp³-hybridized carbons (Fsp3) is 0.440. The third-order valence-electron chi connectivity index (χ3n) is 5.30. The van der Waals surface area contributed by atoms with Crippen molar-refractivity contribution in [2.45, 2.75) is 45.3 Å². The van der Waals surface area contributed by atoms with Gasteiger partial charge in [0.05, 0.1) is 5.25 Å². The van der Waals surface area contributed by atoms with Crippen molar-refractivity contribution >= 4 is 22.7 Å². The highest BCUT2D eigenvalue weighted by molar-refractivity contribution is 7.99. The van der Waals surface area contributed by atoms with Crippen molar-refractivity contribution in [2.75, 3.05) is 25.4 Å². The third-order valence-corrected chi connectivity index (χ3v) is 6.48. The molecule has 3 rings (SSSR count). The highest BCUT2D eigenvalue weighted by Gasteiger charge is 2.22. The summed E-state index contributed by atoms with van der Waals surface area (Å²) in [7, 11) is 0. The summed E-state index contributed by atoms with van der Waals surface area (Å²) in [5.74, 6) is 1.10. The van der Waals surface area contributed by atoms with Crippen molar-refractivity contribution in [1.82, 2.24) is 9.88 Å². The van der Waals surface area contributed by atoms with E-state index in [4.69, 9.17) is 0 Å². The van der Waals surface area contributed by atoms with E-state index in [0.717, 1.165) is 18.7 Å². The second-order valence-electron chi connectivity index (χ2n) is 7.40. The largest absolute Gasteiger partial charge is 0.357 e. The number of thioether (sulfide) groups is 1. The number of hydrogen-bond acceptors (Lipinski definition) is 2. The molecule has 1 N–H and O–H groups in total. The van der Waals surface area contributed by atoms with Crippen LogP contribution in [0.25, 0.3) is 10.9 Å². The predicted molar refractivity (Wildman–Crippen MR) is 125 cm³/mol. The number of aromatic amines is 1. The Labute approximate surface area is 174 Å². The number of nitrogens with one attached hydrogen (secondary N) is 1. The summed E-state index contributed by atoms with van der Waals surface area (Å²) in [4.78, 5) is 6.42. The molecular formula is C25H34N2S. The Morgan fingerprint density at radius 3 is 2.21 bits per heavy atom. The van der Waals surface area contributed by atoms with Crippen LogP contribution < -0.4 is 0 Å². The maximum atomic E-state index is 3.80. The number of nitrogens with zero attached hydrogens (tertiary/aromatic N) is 1. The molecule has 0 radical (unpaired) electrons. The molecule has 0 aliphatic carbocycles. The van der Waals surface area contributed by atoms with Crippen LogP contribution in [0.1, 0.15) is 55.7 Å². The third kappa shape index (κ3) is 5.01. The topological polar surface area (TPSA) is 19.0 Å². The molecular weight excluding hydrogens is 360 g/mol. The highest BCUT2D eigenvalue weighted by Crippen LogP contribution is 2.39. The molecule has 1 atom stereocenters. The average Bonchev–Trinajstić information content (AvgIpc) is 3.09. The van der Waals surface area contributed by atoms with Gasteiger partial charge in [-0.3, -0.25) is 0 Å². The first kappa shape index (κ1) is 21.0. The first-order valence-corrected chi connectivity index (χ1v) is 11.8. The van der Waals surface area contributed by atoms with E-state index >= 15 is 0 Å². The number of rotatable bonds is 11. The number of aromatic nitrogens is 1. The minimum atomic E-state index is 0.361. The Hall–Kier alpha value is -1.71. The van der Waals surface area contributed by atoms with Crippen LogP contribution in [0.3, 0.4) is 0 Å². The molecule has 150 valence electrons. The molecule has 3 aromatic rings. The fourth-order valence-corrected chi connectivity index (χ4v) is 5.14. The molecule has 28 heavy (non-hydrogen) atoms. The standard InChI is InChI=1S/C25H34N2S/c1-4-17-27(18-5-2)19-16-22-21-14-10-11-15-23(21)26-24(22)25(28-6-3)20-12-8-7-9-13-20/h7-15,25-26H,4-6,16-19H2,1-3H3. The number of fused-ring (bicyclic) bond motifs is 1. The Balaban J connectivity index is 1.98. The van der Waals surface area contributed by atoms with E-state index in [-0.39, 0.29) is 0 Å². The molecule has 1 heterocycles. The molecule has 1 aromatic heterocycles. The number of H-pyrrole nitrogens is 1. The first-order chi connectivity index (χ1) is 13.8. The summed E-state index contributed by atoms with van der Waals surface area (Å²) in [6.45, 7) is 10.3. The number of para-hydroxylation sites is 1. The molecule has 0 bridgehead atoms. The maximum Gasteiger partial charge on any atom is 0.0700 e. The van der Waals surface area contributed by atoms with Crippen LogP contribution in [0, 0.1) is 0 Å². The van der Waals surface area contributed by atoms with Crippen LogP contribution in [0.4, 0.5) is 0 Å². The molecule has 2 nitrogen and oxygen atoms in total. The molecule has 0 aliphatic heterocycles. The fourth-order valence-electron chi connectivity index (χ4n) is 4.09. The monoisotopic (exact) mass is 394 g/mol. The van der Waals surface area contributed by atoms with E-state index in [1.807, 2.05) is 11.8 Å². The molecule has 0 aliphatic rings. The minimum Gasteiger partial charge on any atom is -0.357 e. The lowest BCUT2D eigenvalue weighted by Gasteiger charge is -2.22. The van der Waals surface area contributed by atoms with E-state index in [9.17, 15) is 0 Å². The zero-order valence-electron chi connectivity index (χ0n) is 17.6. The van der Waals surface area contributed by atoms with Crippen molar-refractivity contribution in [3.63, 3.8) is 0 Å². The van der Waals surface area contributed by atoms with Crippen molar-refractivity contribution in [2.24, 2.45) is 0 Å². The number of benzene rings is 2. The zero-order chi connectivity index (χ0) is 19.8. The zero-order valence-corrected chi connectivity index (χ0v) is 18.4. The van der Waals surface area contributed by atoms with Gasteiger partial charge in [-0.1, -0.05) is 69.3 Å². The minimum absolute atomic E-state index is 0.361. The van der Waals surface area contributed by atoms with Crippen LogP contribution in [0.2, 0.25) is 0 Å². The Morgan fingerprint density at radius 2 is 1.54 bits per heavy atom. The number of hydrogen-bond donors (Lipinski definition) is 1. The first-order valence-electron chi connectivity index (χ1n) is 10.8. The maximum absolute atomic E-state index is 3.80. The highest BCUT2D eigenvalue weighted by atomic mass is 32.2. The van der Waals surface area contributed by atoms with Crippen LogP contribution >= 0.6 is 11.8 Å². The van der Waals surface area contributed by atoms with Gasteiger partial charge in [0.1, 0.15) is 0 Å². The lowest BCUT2D eigenvalue weighted by atomic mass is 10.0.